The first-order valence-corrected chi connectivity index (χ1v) is 6.71. The second kappa shape index (κ2) is 8.83. The molecule has 4 heteroatoms. The van der Waals surface area contributed by atoms with Crippen molar-refractivity contribution in [3.63, 3.8) is 0 Å². The summed E-state index contributed by atoms with van der Waals surface area (Å²) in [4.78, 5) is 0. The molecule has 0 nitrogen and oxygen atoms in total. The Morgan fingerprint density at radius 3 is 1.25 bits per heavy atom. The minimum absolute atomic E-state index is 0. The van der Waals surface area contributed by atoms with Gasteiger partial charge >= 0.3 is 37.9 Å². The Labute approximate surface area is 49.9 Å². The summed E-state index contributed by atoms with van der Waals surface area (Å²) in [5.74, 6) is 0. The van der Waals surface area contributed by atoms with Crippen molar-refractivity contribution < 1.29 is 20.8 Å². The Balaban J connectivity index is 0. The van der Waals surface area contributed by atoms with E-state index in [1.807, 2.05) is 0 Å². The predicted octanol–water partition coefficient (Wildman–Crippen LogP) is 1.80. The van der Waals surface area contributed by atoms with Gasteiger partial charge in [0, 0.05) is 0 Å². The molecule has 0 aromatic carbocycles. The fourth-order valence-corrected chi connectivity index (χ4v) is 0. The summed E-state index contributed by atoms with van der Waals surface area (Å²) >= 11 is -0.826. The monoisotopic (exact) mass is 196 g/mol. The van der Waals surface area contributed by atoms with Crippen molar-refractivity contribution in [2.75, 3.05) is 0 Å². The van der Waals surface area contributed by atoms with Crippen molar-refractivity contribution >= 4 is 29.4 Å². The Hall–Kier alpha value is 1.75. The van der Waals surface area contributed by atoms with Crippen LogP contribution in [0.25, 0.3) is 0 Å². The second-order valence-electron chi connectivity index (χ2n) is 0.0714. The van der Waals surface area contributed by atoms with Gasteiger partial charge < -0.3 is 0 Å². The summed E-state index contributed by atoms with van der Waals surface area (Å²) in [5.41, 5.74) is 0. The summed E-state index contributed by atoms with van der Waals surface area (Å²) < 4.78 is 0. The van der Waals surface area contributed by atoms with E-state index < -0.39 is 20.8 Å². The topological polar surface area (TPSA) is 0 Å². The zero-order valence-corrected chi connectivity index (χ0v) is 6.45. The molecule has 0 saturated heterocycles. The standard InChI is InChI=1S/3ClH.Zr/h3*1H;/q;;;+2/p-2. The maximum absolute atomic E-state index is 4.93. The third kappa shape index (κ3) is 9.26. The van der Waals surface area contributed by atoms with Crippen molar-refractivity contribution in [3.8, 4) is 0 Å². The molecule has 0 unspecified atom stereocenters. The first kappa shape index (κ1) is 9.23. The Morgan fingerprint density at radius 1 is 1.25 bits per heavy atom. The summed E-state index contributed by atoms with van der Waals surface area (Å²) in [6.45, 7) is 0. The second-order valence-corrected chi connectivity index (χ2v) is 3.80. The van der Waals surface area contributed by atoms with Crippen LogP contribution in [0.1, 0.15) is 0 Å². The van der Waals surface area contributed by atoms with E-state index in [1.54, 1.807) is 0 Å². The first-order valence-electron chi connectivity index (χ1n) is 0.378. The molecule has 0 radical (unpaired) electrons. The molecule has 0 aliphatic heterocycles. The Morgan fingerprint density at radius 2 is 1.25 bits per heavy atom. The van der Waals surface area contributed by atoms with Gasteiger partial charge in [0.05, 0.1) is 0 Å². The summed E-state index contributed by atoms with van der Waals surface area (Å²) in [5, 5.41) is 0. The number of hydrogen-bond acceptors (Lipinski definition) is 0. The SMILES string of the molecule is Cl.[Cl][Zr][Cl]. The van der Waals surface area contributed by atoms with Gasteiger partial charge in [-0.1, -0.05) is 0 Å². The molecule has 0 rings (SSSR count). The molecular weight excluding hydrogens is 198 g/mol. The zero-order chi connectivity index (χ0) is 2.71. The molecule has 0 N–H and O–H groups in total. The van der Waals surface area contributed by atoms with Crippen molar-refractivity contribution in [2.45, 2.75) is 0 Å². The molecule has 0 bridgehead atoms. The van der Waals surface area contributed by atoms with Gasteiger partial charge in [-0.15, -0.1) is 12.4 Å². The van der Waals surface area contributed by atoms with Crippen LogP contribution in [0.5, 0.6) is 0 Å². The molecule has 0 aliphatic carbocycles. The van der Waals surface area contributed by atoms with E-state index in [0.29, 0.717) is 0 Å². The predicted molar refractivity (Wildman–Crippen MR) is 19.0 cm³/mol. The van der Waals surface area contributed by atoms with Crippen LogP contribution in [0.15, 0.2) is 0 Å². The van der Waals surface area contributed by atoms with E-state index in [9.17, 15) is 0 Å². The minimum atomic E-state index is -0.826. The maximum atomic E-state index is 4.93. The van der Waals surface area contributed by atoms with Crippen LogP contribution in [-0.2, 0) is 20.8 Å². The van der Waals surface area contributed by atoms with E-state index in [2.05, 4.69) is 0 Å². The molecule has 0 heterocycles. The molecule has 0 saturated carbocycles. The van der Waals surface area contributed by atoms with Crippen LogP contribution < -0.4 is 0 Å². The Kier molecular flexibility index (Phi) is 20.4. The fourth-order valence-electron chi connectivity index (χ4n) is 0. The zero-order valence-electron chi connectivity index (χ0n) is 1.66. The van der Waals surface area contributed by atoms with Crippen LogP contribution in [0.3, 0.4) is 0 Å². The van der Waals surface area contributed by atoms with E-state index in [4.69, 9.17) is 17.0 Å². The molecule has 0 atom stereocenters. The van der Waals surface area contributed by atoms with Crippen molar-refractivity contribution in [3.05, 3.63) is 0 Å². The van der Waals surface area contributed by atoms with Gasteiger partial charge in [0.1, 0.15) is 0 Å². The number of rotatable bonds is 0. The third-order valence-corrected chi connectivity index (χ3v) is 0. The van der Waals surface area contributed by atoms with Crippen molar-refractivity contribution in [1.29, 1.82) is 0 Å². The fraction of sp³-hybridized carbons (Fsp3) is 0. The van der Waals surface area contributed by atoms with Gasteiger partial charge in [0.25, 0.3) is 0 Å². The molecular formula is HCl3Zr. The van der Waals surface area contributed by atoms with Gasteiger partial charge in [-0.3, -0.25) is 0 Å². The molecule has 0 amide bonds. The molecule has 4 heavy (non-hydrogen) atoms. The third-order valence-electron chi connectivity index (χ3n) is 0. The average molecular weight is 199 g/mol. The summed E-state index contributed by atoms with van der Waals surface area (Å²) in [7, 11) is 9.87. The Bertz CT molecular complexity index is 3.25. The molecule has 0 fully saturated rings. The first-order chi connectivity index (χ1) is 1.41. The normalized spacial score (nSPS) is 3.50. The van der Waals surface area contributed by atoms with Crippen LogP contribution in [0.4, 0.5) is 0 Å². The van der Waals surface area contributed by atoms with E-state index in [-0.39, 0.29) is 12.4 Å². The molecule has 0 aliphatic rings. The van der Waals surface area contributed by atoms with Crippen LogP contribution in [-0.4, -0.2) is 0 Å². The molecule has 0 aromatic rings. The molecule has 26 valence electrons. The van der Waals surface area contributed by atoms with E-state index in [0.717, 1.165) is 0 Å². The quantitative estimate of drug-likeness (QED) is 0.557. The average Bonchev–Trinajstić information content (AvgIpc) is 0.918. The van der Waals surface area contributed by atoms with Gasteiger partial charge in [0.2, 0.25) is 0 Å². The molecule has 0 spiro atoms. The molecule has 0 aromatic heterocycles. The van der Waals surface area contributed by atoms with Crippen LogP contribution in [0, 0.1) is 0 Å². The number of halogens is 3. The van der Waals surface area contributed by atoms with E-state index in [1.165, 1.54) is 0 Å². The van der Waals surface area contributed by atoms with Crippen LogP contribution in [0.2, 0.25) is 0 Å². The number of hydrogen-bond donors (Lipinski definition) is 0. The van der Waals surface area contributed by atoms with Gasteiger partial charge in [-0.25, -0.2) is 0 Å². The van der Waals surface area contributed by atoms with Gasteiger partial charge in [-0.2, -0.15) is 0 Å². The van der Waals surface area contributed by atoms with Crippen LogP contribution >= 0.6 is 29.4 Å². The van der Waals surface area contributed by atoms with E-state index >= 15 is 0 Å². The van der Waals surface area contributed by atoms with Gasteiger partial charge in [0.15, 0.2) is 0 Å². The van der Waals surface area contributed by atoms with Crippen molar-refractivity contribution in [1.82, 2.24) is 0 Å². The summed E-state index contributed by atoms with van der Waals surface area (Å²) in [6, 6.07) is 0. The van der Waals surface area contributed by atoms with Gasteiger partial charge in [-0.05, 0) is 0 Å². The summed E-state index contributed by atoms with van der Waals surface area (Å²) in [6.07, 6.45) is 0. The van der Waals surface area contributed by atoms with Crippen molar-refractivity contribution in [2.24, 2.45) is 0 Å².